The van der Waals surface area contributed by atoms with Gasteiger partial charge in [-0.1, -0.05) is 0 Å². The van der Waals surface area contributed by atoms with Crippen LogP contribution in [0, 0.1) is 13.8 Å². The van der Waals surface area contributed by atoms with Crippen LogP contribution in [0.3, 0.4) is 0 Å². The van der Waals surface area contributed by atoms with Gasteiger partial charge in [-0.3, -0.25) is 0 Å². The predicted octanol–water partition coefficient (Wildman–Crippen LogP) is 2.58. The van der Waals surface area contributed by atoms with Crippen LogP contribution in [0.25, 0.3) is 0 Å². The molecule has 1 aromatic heterocycles. The topological polar surface area (TPSA) is 36.4 Å². The van der Waals surface area contributed by atoms with Crippen molar-refractivity contribution in [2.75, 3.05) is 18.5 Å². The van der Waals surface area contributed by atoms with Crippen molar-refractivity contribution in [2.45, 2.75) is 33.1 Å². The summed E-state index contributed by atoms with van der Waals surface area (Å²) in [5.74, 6) is 0.416. The van der Waals surface area contributed by atoms with Gasteiger partial charge in [0.1, 0.15) is 5.82 Å². The molecule has 1 N–H and O–H groups in total. The third-order valence-corrected chi connectivity index (χ3v) is 2.70. The van der Waals surface area contributed by atoms with E-state index in [-0.39, 0.29) is 13.2 Å². The van der Waals surface area contributed by atoms with Crippen molar-refractivity contribution in [1.82, 2.24) is 4.98 Å². The van der Waals surface area contributed by atoms with Gasteiger partial charge in [-0.2, -0.15) is 13.2 Å². The molecule has 0 saturated carbocycles. The number of rotatable bonds is 4. The van der Waals surface area contributed by atoms with E-state index in [0.717, 1.165) is 11.3 Å². The molecule has 0 bridgehead atoms. The lowest BCUT2D eigenvalue weighted by Gasteiger charge is -2.23. The molecule has 0 spiro atoms. The van der Waals surface area contributed by atoms with Crippen LogP contribution in [0.1, 0.15) is 23.2 Å². The molecule has 6 heteroatoms. The van der Waals surface area contributed by atoms with Crippen molar-refractivity contribution in [1.29, 1.82) is 0 Å². The molecule has 0 amide bonds. The number of aryl methyl sites for hydroxylation is 2. The fourth-order valence-electron chi connectivity index (χ4n) is 1.76. The molecule has 0 radical (unpaired) electrons. The van der Waals surface area contributed by atoms with Crippen molar-refractivity contribution in [2.24, 2.45) is 0 Å². The summed E-state index contributed by atoms with van der Waals surface area (Å²) in [5, 5.41) is 9.28. The van der Waals surface area contributed by atoms with E-state index in [1.54, 1.807) is 27.0 Å². The Morgan fingerprint density at radius 1 is 1.33 bits per heavy atom. The van der Waals surface area contributed by atoms with Crippen molar-refractivity contribution in [3.05, 3.63) is 22.9 Å². The second-order valence-corrected chi connectivity index (χ2v) is 4.33. The molecule has 0 aliphatic heterocycles. The fourth-order valence-corrected chi connectivity index (χ4v) is 1.76. The van der Waals surface area contributed by atoms with Crippen molar-refractivity contribution < 1.29 is 18.3 Å². The zero-order valence-corrected chi connectivity index (χ0v) is 10.7. The van der Waals surface area contributed by atoms with Crippen LogP contribution < -0.4 is 4.90 Å². The second-order valence-electron chi connectivity index (χ2n) is 4.33. The molecule has 1 aromatic rings. The molecule has 102 valence electrons. The van der Waals surface area contributed by atoms with Crippen LogP contribution in [-0.4, -0.2) is 29.9 Å². The maximum atomic E-state index is 12.2. The third-order valence-electron chi connectivity index (χ3n) is 2.70. The maximum Gasteiger partial charge on any atom is 0.390 e. The Kier molecular flexibility index (Phi) is 4.56. The van der Waals surface area contributed by atoms with Gasteiger partial charge in [-0.15, -0.1) is 0 Å². The Bertz CT molecular complexity index is 419. The van der Waals surface area contributed by atoms with E-state index in [0.29, 0.717) is 11.4 Å². The van der Waals surface area contributed by atoms with E-state index in [9.17, 15) is 18.3 Å². The number of nitrogens with zero attached hydrogens (tertiary/aromatic N) is 2. The van der Waals surface area contributed by atoms with Gasteiger partial charge in [0.15, 0.2) is 0 Å². The molecule has 1 heterocycles. The molecule has 0 saturated heterocycles. The van der Waals surface area contributed by atoms with E-state index in [2.05, 4.69) is 4.98 Å². The van der Waals surface area contributed by atoms with Crippen LogP contribution in [0.15, 0.2) is 6.07 Å². The zero-order valence-electron chi connectivity index (χ0n) is 10.7. The largest absolute Gasteiger partial charge is 0.392 e. The van der Waals surface area contributed by atoms with Crippen molar-refractivity contribution >= 4 is 5.82 Å². The average Bonchev–Trinajstić information content (AvgIpc) is 2.24. The fraction of sp³-hybridized carbons (Fsp3) is 0.583. The minimum absolute atomic E-state index is 0.174. The number of hydrogen-bond acceptors (Lipinski definition) is 3. The van der Waals surface area contributed by atoms with Crippen LogP contribution in [0.4, 0.5) is 19.0 Å². The molecule has 0 aromatic carbocycles. The van der Waals surface area contributed by atoms with E-state index in [1.807, 2.05) is 0 Å². The van der Waals surface area contributed by atoms with Gasteiger partial charge in [0, 0.05) is 24.8 Å². The first-order valence-electron chi connectivity index (χ1n) is 5.60. The number of aliphatic hydroxyl groups is 1. The number of pyridine rings is 1. The Labute approximate surface area is 104 Å². The number of aliphatic hydroxyl groups excluding tert-OH is 1. The van der Waals surface area contributed by atoms with Crippen LogP contribution in [0.5, 0.6) is 0 Å². The second kappa shape index (κ2) is 5.56. The highest BCUT2D eigenvalue weighted by molar-refractivity contribution is 5.50. The predicted molar refractivity (Wildman–Crippen MR) is 63.6 cm³/mol. The van der Waals surface area contributed by atoms with E-state index in [1.165, 1.54) is 4.90 Å². The quantitative estimate of drug-likeness (QED) is 0.906. The molecule has 0 unspecified atom stereocenters. The molecule has 0 atom stereocenters. The number of hydrogen-bond donors (Lipinski definition) is 1. The highest BCUT2D eigenvalue weighted by Crippen LogP contribution is 2.24. The number of aromatic nitrogens is 1. The standard InChI is InChI=1S/C12H17F3N2O/c1-8-6-9(2)16-11(10(8)7-18)17(3)5-4-12(13,14)15/h6,18H,4-5,7H2,1-3H3. The highest BCUT2D eigenvalue weighted by atomic mass is 19.4. The normalized spacial score (nSPS) is 11.7. The van der Waals surface area contributed by atoms with E-state index < -0.39 is 12.6 Å². The number of alkyl halides is 3. The molecule has 0 aliphatic rings. The first-order chi connectivity index (χ1) is 8.24. The van der Waals surface area contributed by atoms with E-state index >= 15 is 0 Å². The molecular formula is C12H17F3N2O. The molecular weight excluding hydrogens is 245 g/mol. The maximum absolute atomic E-state index is 12.2. The minimum atomic E-state index is -4.19. The average molecular weight is 262 g/mol. The summed E-state index contributed by atoms with van der Waals surface area (Å²) < 4.78 is 36.5. The van der Waals surface area contributed by atoms with Gasteiger partial charge < -0.3 is 10.0 Å². The molecule has 1 rings (SSSR count). The van der Waals surface area contributed by atoms with Gasteiger partial charge in [0.25, 0.3) is 0 Å². The first-order valence-corrected chi connectivity index (χ1v) is 5.60. The van der Waals surface area contributed by atoms with Gasteiger partial charge in [0.2, 0.25) is 0 Å². The van der Waals surface area contributed by atoms with Crippen molar-refractivity contribution in [3.63, 3.8) is 0 Å². The highest BCUT2D eigenvalue weighted by Gasteiger charge is 2.27. The lowest BCUT2D eigenvalue weighted by atomic mass is 10.1. The Balaban J connectivity index is 2.94. The summed E-state index contributed by atoms with van der Waals surface area (Å²) in [6.07, 6.45) is -5.09. The Morgan fingerprint density at radius 2 is 1.94 bits per heavy atom. The third kappa shape index (κ3) is 3.87. The molecule has 3 nitrogen and oxygen atoms in total. The molecule has 0 fully saturated rings. The van der Waals surface area contributed by atoms with Crippen LogP contribution >= 0.6 is 0 Å². The van der Waals surface area contributed by atoms with Crippen molar-refractivity contribution in [3.8, 4) is 0 Å². The number of anilines is 1. The van der Waals surface area contributed by atoms with Gasteiger partial charge in [0.05, 0.1) is 13.0 Å². The molecule has 18 heavy (non-hydrogen) atoms. The monoisotopic (exact) mass is 262 g/mol. The van der Waals surface area contributed by atoms with Gasteiger partial charge in [-0.25, -0.2) is 4.98 Å². The van der Waals surface area contributed by atoms with Crippen LogP contribution in [0.2, 0.25) is 0 Å². The van der Waals surface area contributed by atoms with Gasteiger partial charge in [-0.05, 0) is 25.5 Å². The summed E-state index contributed by atoms with van der Waals surface area (Å²) in [5.41, 5.74) is 2.13. The summed E-state index contributed by atoms with van der Waals surface area (Å²) >= 11 is 0. The lowest BCUT2D eigenvalue weighted by molar-refractivity contribution is -0.132. The summed E-state index contributed by atoms with van der Waals surface area (Å²) in [6, 6.07) is 1.80. The van der Waals surface area contributed by atoms with Crippen LogP contribution in [-0.2, 0) is 6.61 Å². The first kappa shape index (κ1) is 14.8. The van der Waals surface area contributed by atoms with Gasteiger partial charge >= 0.3 is 6.18 Å². The minimum Gasteiger partial charge on any atom is -0.392 e. The summed E-state index contributed by atoms with van der Waals surface area (Å²) in [7, 11) is 1.55. The summed E-state index contributed by atoms with van der Waals surface area (Å²) in [6.45, 7) is 3.17. The Morgan fingerprint density at radius 3 is 2.44 bits per heavy atom. The lowest BCUT2D eigenvalue weighted by Crippen LogP contribution is -2.26. The van der Waals surface area contributed by atoms with E-state index in [4.69, 9.17) is 0 Å². The Hall–Kier alpha value is -1.30. The smallest absolute Gasteiger partial charge is 0.390 e. The zero-order chi connectivity index (χ0) is 13.9. The SMILES string of the molecule is Cc1cc(C)c(CO)c(N(C)CCC(F)(F)F)n1. The number of halogens is 3. The molecule has 0 aliphatic carbocycles. The summed E-state index contributed by atoms with van der Waals surface area (Å²) in [4.78, 5) is 5.63.